The molecule has 0 aromatic carbocycles. The van der Waals surface area contributed by atoms with E-state index in [0.717, 1.165) is 36.7 Å². The maximum absolute atomic E-state index is 9.66. The summed E-state index contributed by atoms with van der Waals surface area (Å²) in [5.41, 5.74) is 0. The molecule has 0 bridgehead atoms. The Labute approximate surface area is 281 Å². The van der Waals surface area contributed by atoms with E-state index in [9.17, 15) is 25.5 Å². The van der Waals surface area contributed by atoms with Crippen LogP contribution in [-0.2, 0) is 0 Å². The second-order valence-electron chi connectivity index (χ2n) is 15.3. The molecule has 0 aromatic heterocycles. The van der Waals surface area contributed by atoms with Crippen molar-refractivity contribution in [1.82, 2.24) is 0 Å². The highest BCUT2D eigenvalue weighted by Gasteiger charge is 2.20. The van der Waals surface area contributed by atoms with Gasteiger partial charge >= 0.3 is 0 Å². The Hall–Kier alpha value is -0.240. The highest BCUT2D eigenvalue weighted by Crippen LogP contribution is 2.18. The molecule has 0 aliphatic rings. The van der Waals surface area contributed by atoms with Crippen LogP contribution in [0.2, 0.25) is 0 Å². The average Bonchev–Trinajstić information content (AvgIpc) is 2.95. The van der Waals surface area contributed by atoms with E-state index in [0.29, 0.717) is 19.4 Å². The second-order valence-corrected chi connectivity index (χ2v) is 15.3. The van der Waals surface area contributed by atoms with Gasteiger partial charge in [-0.05, 0) is 52.4 Å². The first-order valence-corrected chi connectivity index (χ1v) is 19.8. The molecule has 0 amide bonds. The van der Waals surface area contributed by atoms with Crippen molar-refractivity contribution in [2.75, 3.05) is 33.3 Å². The Morgan fingerprint density at radius 1 is 0.333 bits per heavy atom. The quantitative estimate of drug-likeness (QED) is 0.0266. The van der Waals surface area contributed by atoms with E-state index in [1.165, 1.54) is 181 Å². The molecular formula is C39H82NO5+. The largest absolute Gasteiger partial charge is 0.391 e. The van der Waals surface area contributed by atoms with Crippen LogP contribution >= 0.6 is 0 Å². The molecule has 0 fully saturated rings. The average molecular weight is 645 g/mol. The Morgan fingerprint density at radius 2 is 0.533 bits per heavy atom. The summed E-state index contributed by atoms with van der Waals surface area (Å²) >= 11 is 0. The maximum atomic E-state index is 9.66. The molecule has 0 aliphatic carbocycles. The minimum Gasteiger partial charge on any atom is -0.391 e. The summed E-state index contributed by atoms with van der Waals surface area (Å²) in [5, 5.41) is 46.9. The smallest absolute Gasteiger partial charge is 0.159 e. The fourth-order valence-electron chi connectivity index (χ4n) is 6.73. The Morgan fingerprint density at radius 3 is 0.733 bits per heavy atom. The topological polar surface area (TPSA) is 101 Å². The van der Waals surface area contributed by atoms with E-state index in [2.05, 4.69) is 7.05 Å². The van der Waals surface area contributed by atoms with Gasteiger partial charge in [0.05, 0.1) is 26.7 Å². The first-order chi connectivity index (χ1) is 21.5. The van der Waals surface area contributed by atoms with Crippen LogP contribution in [0.5, 0.6) is 0 Å². The predicted octanol–water partition coefficient (Wildman–Crippen LogP) is 9.53. The van der Waals surface area contributed by atoms with Crippen molar-refractivity contribution in [1.29, 1.82) is 0 Å². The lowest BCUT2D eigenvalue weighted by molar-refractivity contribution is -0.910. The molecular weight excluding hydrogens is 562 g/mol. The summed E-state index contributed by atoms with van der Waals surface area (Å²) in [4.78, 5) is 0. The number of hydrogen-bond acceptors (Lipinski definition) is 5. The summed E-state index contributed by atoms with van der Waals surface area (Å²) < 4.78 is 1.04. The molecule has 272 valence electrons. The summed E-state index contributed by atoms with van der Waals surface area (Å²) in [6.07, 6.45) is 37.1. The molecule has 0 atom stereocenters. The Bertz CT molecular complexity index is 555. The van der Waals surface area contributed by atoms with Gasteiger partial charge < -0.3 is 30.0 Å². The molecule has 5 N–H and O–H groups in total. The number of aliphatic hydroxyl groups excluding tert-OH is 1. The normalized spacial score (nSPS) is 12.8. The fraction of sp³-hybridized carbons (Fsp3) is 1.00. The molecule has 0 unspecified atom stereocenters. The zero-order valence-corrected chi connectivity index (χ0v) is 30.7. The number of rotatable bonds is 36. The number of likely N-dealkylation sites (N-methyl/N-ethyl adjacent to an activating group) is 1. The van der Waals surface area contributed by atoms with E-state index < -0.39 is 11.6 Å². The van der Waals surface area contributed by atoms with Gasteiger partial charge in [-0.1, -0.05) is 141 Å². The van der Waals surface area contributed by atoms with Crippen LogP contribution in [0.25, 0.3) is 0 Å². The van der Waals surface area contributed by atoms with Crippen LogP contribution in [0.3, 0.4) is 0 Å². The van der Waals surface area contributed by atoms with Gasteiger partial charge in [0.15, 0.2) is 11.6 Å². The molecule has 6 heteroatoms. The monoisotopic (exact) mass is 645 g/mol. The summed E-state index contributed by atoms with van der Waals surface area (Å²) in [6.45, 7) is 6.57. The van der Waals surface area contributed by atoms with Crippen molar-refractivity contribution in [3.63, 3.8) is 0 Å². The zero-order valence-electron chi connectivity index (χ0n) is 30.7. The van der Waals surface area contributed by atoms with Crippen molar-refractivity contribution in [2.24, 2.45) is 0 Å². The van der Waals surface area contributed by atoms with Gasteiger partial charge in [0, 0.05) is 12.8 Å². The van der Waals surface area contributed by atoms with Gasteiger partial charge in [-0.3, -0.25) is 0 Å². The summed E-state index contributed by atoms with van der Waals surface area (Å²) in [6, 6.07) is 0. The van der Waals surface area contributed by atoms with Gasteiger partial charge in [0.25, 0.3) is 0 Å². The molecule has 6 nitrogen and oxygen atoms in total. The van der Waals surface area contributed by atoms with Crippen molar-refractivity contribution in [3.8, 4) is 0 Å². The molecule has 0 heterocycles. The van der Waals surface area contributed by atoms with Crippen LogP contribution in [0.4, 0.5) is 0 Å². The van der Waals surface area contributed by atoms with Crippen molar-refractivity contribution < 1.29 is 30.0 Å². The third-order valence-corrected chi connectivity index (χ3v) is 9.84. The van der Waals surface area contributed by atoms with E-state index in [4.69, 9.17) is 0 Å². The van der Waals surface area contributed by atoms with E-state index >= 15 is 0 Å². The number of hydrogen-bond donors (Lipinski definition) is 5. The first-order valence-electron chi connectivity index (χ1n) is 19.8. The lowest BCUT2D eigenvalue weighted by Gasteiger charge is -2.34. The van der Waals surface area contributed by atoms with Gasteiger partial charge in [-0.2, -0.15) is 0 Å². The molecule has 0 aromatic rings. The molecule has 45 heavy (non-hydrogen) atoms. The minimum absolute atomic E-state index is 0.302. The molecule has 0 radical (unpaired) electrons. The summed E-state index contributed by atoms with van der Waals surface area (Å²) in [7, 11) is 2.36. The van der Waals surface area contributed by atoms with Crippen LogP contribution in [0.1, 0.15) is 206 Å². The van der Waals surface area contributed by atoms with E-state index in [1.807, 2.05) is 0 Å². The summed E-state index contributed by atoms with van der Waals surface area (Å²) in [5.74, 6) is -2.98. The number of nitrogens with zero attached hydrogens (tertiary/aromatic N) is 1. The second kappa shape index (κ2) is 29.9. The van der Waals surface area contributed by atoms with Gasteiger partial charge in [-0.15, -0.1) is 0 Å². The van der Waals surface area contributed by atoms with Gasteiger partial charge in [0.1, 0.15) is 6.54 Å². The van der Waals surface area contributed by atoms with Crippen LogP contribution < -0.4 is 0 Å². The zero-order chi connectivity index (χ0) is 33.5. The van der Waals surface area contributed by atoms with Crippen molar-refractivity contribution in [2.45, 2.75) is 218 Å². The van der Waals surface area contributed by atoms with E-state index in [1.54, 1.807) is 0 Å². The number of aliphatic hydroxyl groups is 5. The Balaban J connectivity index is 3.51. The third kappa shape index (κ3) is 36.4. The highest BCUT2D eigenvalue weighted by molar-refractivity contribution is 4.58. The lowest BCUT2D eigenvalue weighted by atomic mass is 10.0. The molecule has 0 saturated carbocycles. The number of quaternary nitrogens is 1. The third-order valence-electron chi connectivity index (χ3n) is 9.84. The van der Waals surface area contributed by atoms with Gasteiger partial charge in [0.2, 0.25) is 0 Å². The maximum Gasteiger partial charge on any atom is 0.159 e. The SMILES string of the molecule is CC(O)(O)CCCCCCCCCCCCCCCC[N+](C)(CCO)CCCCCCCCCCCCCCCCC(C)(O)O. The lowest BCUT2D eigenvalue weighted by Crippen LogP contribution is -2.47. The van der Waals surface area contributed by atoms with Crippen LogP contribution in [0.15, 0.2) is 0 Å². The predicted molar refractivity (Wildman–Crippen MR) is 192 cm³/mol. The van der Waals surface area contributed by atoms with Gasteiger partial charge in [-0.25, -0.2) is 0 Å². The highest BCUT2D eigenvalue weighted by atomic mass is 16.5. The minimum atomic E-state index is -1.49. The fourth-order valence-corrected chi connectivity index (χ4v) is 6.73. The molecule has 0 saturated heterocycles. The molecule has 0 spiro atoms. The number of unbranched alkanes of at least 4 members (excludes halogenated alkanes) is 26. The van der Waals surface area contributed by atoms with E-state index in [-0.39, 0.29) is 0 Å². The van der Waals surface area contributed by atoms with Crippen LogP contribution in [0, 0.1) is 0 Å². The molecule has 0 aliphatic heterocycles. The van der Waals surface area contributed by atoms with Crippen LogP contribution in [-0.4, -0.2) is 74.9 Å². The van der Waals surface area contributed by atoms with Crippen molar-refractivity contribution >= 4 is 0 Å². The van der Waals surface area contributed by atoms with Crippen molar-refractivity contribution in [3.05, 3.63) is 0 Å². The Kier molecular flexibility index (Phi) is 29.7. The standard InChI is InChI=1S/C39H82NO5/c1-38(42,43)32-28-24-20-16-12-8-4-6-10-14-18-22-26-30-34-40(3,36-37-41)35-31-27-23-19-15-11-7-5-9-13-17-21-25-29-33-39(2,44)45/h41-45H,4-37H2,1-3H3/q+1. The molecule has 0 rings (SSSR count). The first kappa shape index (κ1) is 44.8.